The number of ether oxygens (including phenoxy) is 1. The first-order valence-electron chi connectivity index (χ1n) is 7.44. The molecule has 4 nitrogen and oxygen atoms in total. The van der Waals surface area contributed by atoms with Gasteiger partial charge in [-0.2, -0.15) is 0 Å². The van der Waals surface area contributed by atoms with E-state index >= 15 is 0 Å². The molecule has 0 aromatic heterocycles. The van der Waals surface area contributed by atoms with Crippen LogP contribution >= 0.6 is 12.2 Å². The van der Waals surface area contributed by atoms with Crippen LogP contribution < -0.4 is 15.0 Å². The molecule has 1 heterocycles. The molecule has 0 saturated carbocycles. The third-order valence-corrected chi connectivity index (χ3v) is 3.77. The first-order chi connectivity index (χ1) is 11.6. The van der Waals surface area contributed by atoms with Crippen LogP contribution in [0.3, 0.4) is 0 Å². The van der Waals surface area contributed by atoms with Gasteiger partial charge in [0.15, 0.2) is 5.11 Å². The van der Waals surface area contributed by atoms with Crippen molar-refractivity contribution in [2.75, 3.05) is 11.5 Å². The summed E-state index contributed by atoms with van der Waals surface area (Å²) in [4.78, 5) is 14.0. The number of halogens is 1. The normalized spacial score (nSPS) is 15.8. The van der Waals surface area contributed by atoms with Crippen LogP contribution in [0.15, 0.2) is 54.2 Å². The molecule has 1 saturated heterocycles. The maximum Gasteiger partial charge on any atom is 0.281 e. The first kappa shape index (κ1) is 16.1. The molecule has 0 aliphatic carbocycles. The lowest BCUT2D eigenvalue weighted by Gasteiger charge is -2.14. The van der Waals surface area contributed by atoms with Crippen molar-refractivity contribution < 1.29 is 13.9 Å². The molecule has 1 fully saturated rings. The van der Waals surface area contributed by atoms with Gasteiger partial charge < -0.3 is 10.1 Å². The minimum Gasteiger partial charge on any atom is -0.494 e. The van der Waals surface area contributed by atoms with Crippen LogP contribution in [0, 0.1) is 5.82 Å². The topological polar surface area (TPSA) is 41.6 Å². The largest absolute Gasteiger partial charge is 0.494 e. The molecule has 1 N–H and O–H groups in total. The van der Waals surface area contributed by atoms with Crippen LogP contribution in [-0.4, -0.2) is 17.6 Å². The average molecular weight is 342 g/mol. The van der Waals surface area contributed by atoms with Gasteiger partial charge in [0, 0.05) is 5.56 Å². The van der Waals surface area contributed by atoms with Crippen LogP contribution in [0.1, 0.15) is 12.5 Å². The van der Waals surface area contributed by atoms with Gasteiger partial charge in [-0.1, -0.05) is 18.2 Å². The fourth-order valence-corrected chi connectivity index (χ4v) is 2.67. The van der Waals surface area contributed by atoms with Gasteiger partial charge in [0.2, 0.25) is 0 Å². The molecular weight excluding hydrogens is 327 g/mol. The molecule has 24 heavy (non-hydrogen) atoms. The zero-order valence-electron chi connectivity index (χ0n) is 13.0. The molecule has 0 atom stereocenters. The number of carbonyl (C=O) groups is 1. The molecule has 6 heteroatoms. The zero-order valence-corrected chi connectivity index (χ0v) is 13.8. The van der Waals surface area contributed by atoms with Crippen LogP contribution in [0.4, 0.5) is 10.1 Å². The van der Waals surface area contributed by atoms with E-state index in [9.17, 15) is 9.18 Å². The molecule has 2 aromatic carbocycles. The van der Waals surface area contributed by atoms with Crippen molar-refractivity contribution in [3.63, 3.8) is 0 Å². The Morgan fingerprint density at radius 3 is 2.58 bits per heavy atom. The maximum atomic E-state index is 13.8. The number of anilines is 1. The second kappa shape index (κ2) is 6.80. The number of amides is 1. The highest BCUT2D eigenvalue weighted by atomic mass is 32.1. The SMILES string of the molecule is CCOc1ccc(N2C(=O)/C(=C\c3ccccc3F)NC2=S)cc1. The van der Waals surface area contributed by atoms with Gasteiger partial charge in [0.05, 0.1) is 12.3 Å². The van der Waals surface area contributed by atoms with Gasteiger partial charge >= 0.3 is 0 Å². The summed E-state index contributed by atoms with van der Waals surface area (Å²) in [6.45, 7) is 2.47. The molecule has 1 aliphatic rings. The Bertz CT molecular complexity index is 818. The van der Waals surface area contributed by atoms with Gasteiger partial charge in [-0.15, -0.1) is 0 Å². The van der Waals surface area contributed by atoms with E-state index in [-0.39, 0.29) is 16.7 Å². The highest BCUT2D eigenvalue weighted by Gasteiger charge is 2.32. The summed E-state index contributed by atoms with van der Waals surface area (Å²) in [7, 11) is 0. The lowest BCUT2D eigenvalue weighted by molar-refractivity contribution is -0.113. The Kier molecular flexibility index (Phi) is 4.57. The number of nitrogens with one attached hydrogen (secondary N) is 1. The van der Waals surface area contributed by atoms with E-state index in [0.717, 1.165) is 0 Å². The molecule has 0 radical (unpaired) electrons. The highest BCUT2D eigenvalue weighted by molar-refractivity contribution is 7.80. The molecule has 122 valence electrons. The molecular formula is C18H15FN2O2S. The second-order valence-electron chi connectivity index (χ2n) is 5.08. The summed E-state index contributed by atoms with van der Waals surface area (Å²) < 4.78 is 19.1. The average Bonchev–Trinajstić information content (AvgIpc) is 2.85. The van der Waals surface area contributed by atoms with Crippen molar-refractivity contribution >= 4 is 35.0 Å². The summed E-state index contributed by atoms with van der Waals surface area (Å²) in [5.74, 6) is -0.00801. The number of hydrogen-bond acceptors (Lipinski definition) is 3. The van der Waals surface area contributed by atoms with Crippen LogP contribution in [0.5, 0.6) is 5.75 Å². The van der Waals surface area contributed by atoms with E-state index in [1.54, 1.807) is 42.5 Å². The third kappa shape index (κ3) is 3.14. The number of nitrogens with zero attached hydrogens (tertiary/aromatic N) is 1. The Hall–Kier alpha value is -2.73. The van der Waals surface area contributed by atoms with Crippen LogP contribution in [0.25, 0.3) is 6.08 Å². The monoisotopic (exact) mass is 342 g/mol. The minimum absolute atomic E-state index is 0.235. The van der Waals surface area contributed by atoms with Crippen LogP contribution in [0.2, 0.25) is 0 Å². The van der Waals surface area contributed by atoms with Crippen molar-refractivity contribution in [2.45, 2.75) is 6.92 Å². The molecule has 1 amide bonds. The van der Waals surface area contributed by atoms with Gasteiger partial charge in [-0.3, -0.25) is 9.69 Å². The number of carbonyl (C=O) groups excluding carboxylic acids is 1. The molecule has 0 unspecified atom stereocenters. The third-order valence-electron chi connectivity index (χ3n) is 3.49. The summed E-state index contributed by atoms with van der Waals surface area (Å²) in [6, 6.07) is 13.3. The smallest absolute Gasteiger partial charge is 0.281 e. The molecule has 3 rings (SSSR count). The van der Waals surface area contributed by atoms with Crippen molar-refractivity contribution in [1.29, 1.82) is 0 Å². The van der Waals surface area contributed by atoms with Gasteiger partial charge in [0.1, 0.15) is 17.3 Å². The standard InChI is InChI=1S/C18H15FN2O2S/c1-2-23-14-9-7-13(8-10-14)21-17(22)16(20-18(21)24)11-12-5-3-4-6-15(12)19/h3-11H,2H2,1H3,(H,20,24)/b16-11+. The van der Waals surface area contributed by atoms with Crippen LogP contribution in [-0.2, 0) is 4.79 Å². The van der Waals surface area contributed by atoms with E-state index in [4.69, 9.17) is 17.0 Å². The predicted octanol–water partition coefficient (Wildman–Crippen LogP) is 3.49. The van der Waals surface area contributed by atoms with E-state index in [1.807, 2.05) is 6.92 Å². The van der Waals surface area contributed by atoms with E-state index < -0.39 is 5.82 Å². The van der Waals surface area contributed by atoms with Gasteiger partial charge in [-0.25, -0.2) is 4.39 Å². The number of benzene rings is 2. The number of rotatable bonds is 4. The Morgan fingerprint density at radius 1 is 1.21 bits per heavy atom. The Morgan fingerprint density at radius 2 is 1.92 bits per heavy atom. The lowest BCUT2D eigenvalue weighted by Crippen LogP contribution is -2.30. The van der Waals surface area contributed by atoms with E-state index in [1.165, 1.54) is 17.0 Å². The fraction of sp³-hybridized carbons (Fsp3) is 0.111. The van der Waals surface area contributed by atoms with Crippen molar-refractivity contribution in [3.8, 4) is 5.75 Å². The second-order valence-corrected chi connectivity index (χ2v) is 5.46. The van der Waals surface area contributed by atoms with Crippen molar-refractivity contribution in [2.24, 2.45) is 0 Å². The molecule has 0 bridgehead atoms. The number of thiocarbonyl (C=S) groups is 1. The van der Waals surface area contributed by atoms with E-state index in [2.05, 4.69) is 5.32 Å². The highest BCUT2D eigenvalue weighted by Crippen LogP contribution is 2.25. The minimum atomic E-state index is -0.398. The zero-order chi connectivity index (χ0) is 17.1. The Balaban J connectivity index is 1.88. The number of hydrogen-bond donors (Lipinski definition) is 1. The molecule has 1 aliphatic heterocycles. The molecule has 0 spiro atoms. The Labute approximate surface area is 144 Å². The summed E-state index contributed by atoms with van der Waals surface area (Å²) in [5, 5.41) is 3.09. The summed E-state index contributed by atoms with van der Waals surface area (Å²) >= 11 is 5.24. The lowest BCUT2D eigenvalue weighted by atomic mass is 10.1. The summed E-state index contributed by atoms with van der Waals surface area (Å²) in [6.07, 6.45) is 1.46. The summed E-state index contributed by atoms with van der Waals surface area (Å²) in [5.41, 5.74) is 1.18. The fourth-order valence-electron chi connectivity index (χ4n) is 2.38. The predicted molar refractivity (Wildman–Crippen MR) is 95.2 cm³/mol. The van der Waals surface area contributed by atoms with Crippen molar-refractivity contribution in [1.82, 2.24) is 5.32 Å². The van der Waals surface area contributed by atoms with E-state index in [0.29, 0.717) is 23.6 Å². The van der Waals surface area contributed by atoms with Crippen molar-refractivity contribution in [3.05, 3.63) is 65.6 Å². The quantitative estimate of drug-likeness (QED) is 0.682. The van der Waals surface area contributed by atoms with Gasteiger partial charge in [-0.05, 0) is 55.5 Å². The molecule has 2 aromatic rings. The maximum absolute atomic E-state index is 13.8. The first-order valence-corrected chi connectivity index (χ1v) is 7.85. The van der Waals surface area contributed by atoms with Gasteiger partial charge in [0.25, 0.3) is 5.91 Å².